The summed E-state index contributed by atoms with van der Waals surface area (Å²) in [5.74, 6) is 2.20. The molecule has 5 rings (SSSR count). The average molecular weight is 383 g/mol. The van der Waals surface area contributed by atoms with Gasteiger partial charge in [0.25, 0.3) is 0 Å². The number of likely N-dealkylation sites (tertiary alicyclic amines) is 2. The van der Waals surface area contributed by atoms with E-state index in [-0.39, 0.29) is 11.3 Å². The van der Waals surface area contributed by atoms with E-state index in [0.717, 1.165) is 56.5 Å². The molecular formula is C22H30N4O2. The fourth-order valence-corrected chi connectivity index (χ4v) is 5.06. The number of hydrogen-bond donors (Lipinski definition) is 0. The second-order valence-electron chi connectivity index (χ2n) is 9.24. The van der Waals surface area contributed by atoms with Gasteiger partial charge in [-0.05, 0) is 51.2 Å². The van der Waals surface area contributed by atoms with Gasteiger partial charge in [-0.1, -0.05) is 0 Å². The van der Waals surface area contributed by atoms with Crippen molar-refractivity contribution in [2.24, 2.45) is 11.3 Å². The van der Waals surface area contributed by atoms with E-state index >= 15 is 0 Å². The lowest BCUT2D eigenvalue weighted by Crippen LogP contribution is -2.40. The molecule has 1 aliphatic carbocycles. The molecule has 0 bridgehead atoms. The van der Waals surface area contributed by atoms with E-state index in [1.165, 1.54) is 12.8 Å². The number of carbonyl (C=O) groups is 1. The molecule has 3 fully saturated rings. The number of nitrogens with zero attached hydrogens (tertiary/aromatic N) is 4. The van der Waals surface area contributed by atoms with Crippen LogP contribution in [-0.2, 0) is 11.3 Å². The highest BCUT2D eigenvalue weighted by atomic mass is 16.3. The summed E-state index contributed by atoms with van der Waals surface area (Å²) in [6.07, 6.45) is 9.30. The summed E-state index contributed by atoms with van der Waals surface area (Å²) in [6, 6.07) is 4.33. The average Bonchev–Trinajstić information content (AvgIpc) is 3.09. The number of imidazole rings is 1. The Morgan fingerprint density at radius 1 is 1.36 bits per heavy atom. The van der Waals surface area contributed by atoms with Crippen molar-refractivity contribution in [1.29, 1.82) is 0 Å². The van der Waals surface area contributed by atoms with E-state index in [1.54, 1.807) is 6.26 Å². The monoisotopic (exact) mass is 382 g/mol. The molecule has 1 saturated carbocycles. The predicted octanol–water partition coefficient (Wildman–Crippen LogP) is 3.29. The van der Waals surface area contributed by atoms with Gasteiger partial charge < -0.3 is 13.9 Å². The van der Waals surface area contributed by atoms with Gasteiger partial charge in [0.15, 0.2) is 0 Å². The van der Waals surface area contributed by atoms with Crippen LogP contribution in [0.3, 0.4) is 0 Å². The number of rotatable bonds is 6. The first kappa shape index (κ1) is 18.0. The third-order valence-corrected chi connectivity index (χ3v) is 6.86. The van der Waals surface area contributed by atoms with E-state index in [0.29, 0.717) is 11.9 Å². The molecule has 1 amide bonds. The Kier molecular flexibility index (Phi) is 4.34. The lowest BCUT2D eigenvalue weighted by Gasteiger charge is -2.28. The van der Waals surface area contributed by atoms with Gasteiger partial charge in [-0.25, -0.2) is 4.98 Å². The van der Waals surface area contributed by atoms with Gasteiger partial charge in [-0.2, -0.15) is 0 Å². The summed E-state index contributed by atoms with van der Waals surface area (Å²) in [6.45, 7) is 8.59. The van der Waals surface area contributed by atoms with Crippen LogP contribution in [0.5, 0.6) is 0 Å². The molecule has 2 aromatic rings. The van der Waals surface area contributed by atoms with Gasteiger partial charge in [-0.3, -0.25) is 9.69 Å². The molecule has 2 unspecified atom stereocenters. The Balaban J connectivity index is 1.43. The third-order valence-electron chi connectivity index (χ3n) is 6.86. The molecule has 150 valence electrons. The molecule has 1 spiro atoms. The minimum absolute atomic E-state index is 0.152. The van der Waals surface area contributed by atoms with E-state index in [9.17, 15) is 4.79 Å². The predicted molar refractivity (Wildman–Crippen MR) is 106 cm³/mol. The number of carbonyl (C=O) groups excluding carboxylic acids is 1. The molecule has 4 heterocycles. The maximum Gasteiger partial charge on any atom is 0.230 e. The van der Waals surface area contributed by atoms with E-state index in [2.05, 4.69) is 34.4 Å². The maximum atomic E-state index is 13.6. The van der Waals surface area contributed by atoms with Gasteiger partial charge >= 0.3 is 0 Å². The highest BCUT2D eigenvalue weighted by Gasteiger charge is 2.58. The van der Waals surface area contributed by atoms with Crippen LogP contribution in [0.4, 0.5) is 0 Å². The Hall–Kier alpha value is -2.08. The first-order chi connectivity index (χ1) is 13.5. The minimum Gasteiger partial charge on any atom is -0.468 e. The van der Waals surface area contributed by atoms with Crippen molar-refractivity contribution in [2.45, 2.75) is 51.6 Å². The smallest absolute Gasteiger partial charge is 0.230 e. The Morgan fingerprint density at radius 2 is 2.21 bits per heavy atom. The van der Waals surface area contributed by atoms with Crippen LogP contribution in [-0.4, -0.2) is 51.4 Å². The Morgan fingerprint density at radius 3 is 2.89 bits per heavy atom. The van der Waals surface area contributed by atoms with Crippen LogP contribution in [0, 0.1) is 11.3 Å². The summed E-state index contributed by atoms with van der Waals surface area (Å²) in [5.41, 5.74) is 0.731. The molecular weight excluding hydrogens is 352 g/mol. The molecule has 2 atom stereocenters. The topological polar surface area (TPSA) is 54.5 Å². The zero-order chi connectivity index (χ0) is 19.3. The number of amides is 1. The molecule has 2 aromatic heterocycles. The lowest BCUT2D eigenvalue weighted by molar-refractivity contribution is -0.136. The molecule has 6 heteroatoms. The quantitative estimate of drug-likeness (QED) is 0.769. The number of aromatic nitrogens is 2. The summed E-state index contributed by atoms with van der Waals surface area (Å²) in [4.78, 5) is 22.9. The highest BCUT2D eigenvalue weighted by Crippen LogP contribution is 2.50. The minimum atomic E-state index is -0.336. The number of hydrogen-bond acceptors (Lipinski definition) is 4. The summed E-state index contributed by atoms with van der Waals surface area (Å²) >= 11 is 0. The molecule has 0 radical (unpaired) electrons. The standard InChI is InChI=1S/C22H30N4O2/c1-16(2)26-13-20(23-15-26)19-12-24(11-18-4-3-9-28-18)14-22(19)7-8-25(21(22)27)10-17-5-6-17/h3-4,9,13,15-17,19H,5-8,10-12,14H2,1-2H3. The third kappa shape index (κ3) is 3.08. The van der Waals surface area contributed by atoms with Gasteiger partial charge in [0.1, 0.15) is 5.76 Å². The van der Waals surface area contributed by atoms with Crippen LogP contribution in [0.2, 0.25) is 0 Å². The van der Waals surface area contributed by atoms with Crippen molar-refractivity contribution in [3.63, 3.8) is 0 Å². The van der Waals surface area contributed by atoms with Crippen LogP contribution >= 0.6 is 0 Å². The van der Waals surface area contributed by atoms with Crippen molar-refractivity contribution < 1.29 is 9.21 Å². The first-order valence-corrected chi connectivity index (χ1v) is 10.6. The fourth-order valence-electron chi connectivity index (χ4n) is 5.06. The Bertz CT molecular complexity index is 839. The van der Waals surface area contributed by atoms with Gasteiger partial charge in [0.2, 0.25) is 5.91 Å². The van der Waals surface area contributed by atoms with Crippen LogP contribution in [0.25, 0.3) is 0 Å². The molecule has 2 saturated heterocycles. The summed E-state index contributed by atoms with van der Waals surface area (Å²) < 4.78 is 7.73. The number of furan rings is 1. The molecule has 2 aliphatic heterocycles. The highest BCUT2D eigenvalue weighted by molar-refractivity contribution is 5.86. The van der Waals surface area contributed by atoms with Crippen LogP contribution < -0.4 is 0 Å². The second kappa shape index (κ2) is 6.76. The molecule has 28 heavy (non-hydrogen) atoms. The Labute approximate surface area is 166 Å². The van der Waals surface area contributed by atoms with E-state index in [1.807, 2.05) is 18.5 Å². The zero-order valence-electron chi connectivity index (χ0n) is 16.9. The summed E-state index contributed by atoms with van der Waals surface area (Å²) in [7, 11) is 0. The normalized spacial score (nSPS) is 28.3. The zero-order valence-corrected chi connectivity index (χ0v) is 16.9. The van der Waals surface area contributed by atoms with Crippen molar-refractivity contribution in [3.8, 4) is 0 Å². The van der Waals surface area contributed by atoms with Crippen LogP contribution in [0.15, 0.2) is 35.3 Å². The summed E-state index contributed by atoms with van der Waals surface area (Å²) in [5, 5.41) is 0. The van der Waals surface area contributed by atoms with Crippen molar-refractivity contribution >= 4 is 5.91 Å². The molecule has 3 aliphatic rings. The molecule has 0 N–H and O–H groups in total. The molecule has 0 aromatic carbocycles. The SMILES string of the molecule is CC(C)n1cnc(C2CN(Cc3ccco3)CC23CCN(CC2CC2)C3=O)c1. The maximum absolute atomic E-state index is 13.6. The van der Waals surface area contributed by atoms with Gasteiger partial charge in [0, 0.05) is 44.3 Å². The van der Waals surface area contributed by atoms with Gasteiger partial charge in [0.05, 0.1) is 30.2 Å². The van der Waals surface area contributed by atoms with Gasteiger partial charge in [-0.15, -0.1) is 0 Å². The van der Waals surface area contributed by atoms with E-state index < -0.39 is 0 Å². The molecule has 6 nitrogen and oxygen atoms in total. The second-order valence-corrected chi connectivity index (χ2v) is 9.24. The van der Waals surface area contributed by atoms with Crippen molar-refractivity contribution in [1.82, 2.24) is 19.4 Å². The van der Waals surface area contributed by atoms with E-state index in [4.69, 9.17) is 9.40 Å². The lowest BCUT2D eigenvalue weighted by atomic mass is 9.75. The largest absolute Gasteiger partial charge is 0.468 e. The van der Waals surface area contributed by atoms with Crippen LogP contribution in [0.1, 0.15) is 56.5 Å². The van der Waals surface area contributed by atoms with Crippen molar-refractivity contribution in [2.75, 3.05) is 26.2 Å². The van der Waals surface area contributed by atoms with Crippen molar-refractivity contribution in [3.05, 3.63) is 42.4 Å². The first-order valence-electron chi connectivity index (χ1n) is 10.6. The fraction of sp³-hybridized carbons (Fsp3) is 0.636.